The van der Waals surface area contributed by atoms with Crippen LogP contribution < -0.4 is 15.1 Å². The Kier molecular flexibility index (Phi) is 4.80. The van der Waals surface area contributed by atoms with Crippen molar-refractivity contribution in [2.45, 2.75) is 13.8 Å². The first-order valence-corrected chi connectivity index (χ1v) is 8.29. The van der Waals surface area contributed by atoms with E-state index in [1.54, 1.807) is 0 Å². The topological polar surface area (TPSA) is 68.1 Å². The van der Waals surface area contributed by atoms with Crippen LogP contribution in [0, 0.1) is 18.3 Å². The molecule has 1 aromatic carbocycles. The highest BCUT2D eigenvalue weighted by molar-refractivity contribution is 5.53. The first-order chi connectivity index (χ1) is 11.7. The second-order valence-corrected chi connectivity index (χ2v) is 5.86. The van der Waals surface area contributed by atoms with Gasteiger partial charge in [0.15, 0.2) is 0 Å². The van der Waals surface area contributed by atoms with E-state index < -0.39 is 0 Å². The van der Waals surface area contributed by atoms with Crippen molar-refractivity contribution in [2.24, 2.45) is 0 Å². The van der Waals surface area contributed by atoms with E-state index >= 15 is 0 Å². The van der Waals surface area contributed by atoms with Crippen LogP contribution in [-0.2, 0) is 0 Å². The third-order valence-electron chi connectivity index (χ3n) is 4.12. The monoisotopic (exact) mass is 322 g/mol. The van der Waals surface area contributed by atoms with Crippen LogP contribution in [-0.4, -0.2) is 42.7 Å². The van der Waals surface area contributed by atoms with Gasteiger partial charge in [0.05, 0.1) is 11.6 Å². The lowest BCUT2D eigenvalue weighted by Crippen LogP contribution is -2.47. The Morgan fingerprint density at radius 1 is 1.12 bits per heavy atom. The fraction of sp³-hybridized carbons (Fsp3) is 0.389. The van der Waals surface area contributed by atoms with E-state index in [2.05, 4.69) is 37.2 Å². The Morgan fingerprint density at radius 3 is 2.58 bits per heavy atom. The van der Waals surface area contributed by atoms with Crippen LogP contribution in [0.4, 0.5) is 17.5 Å². The van der Waals surface area contributed by atoms with E-state index in [0.29, 0.717) is 11.5 Å². The zero-order chi connectivity index (χ0) is 16.9. The number of nitrogens with one attached hydrogen (secondary N) is 1. The average molecular weight is 322 g/mol. The summed E-state index contributed by atoms with van der Waals surface area (Å²) in [6, 6.07) is 12.0. The van der Waals surface area contributed by atoms with E-state index in [9.17, 15) is 0 Å². The van der Waals surface area contributed by atoms with Gasteiger partial charge in [-0.05, 0) is 32.0 Å². The molecule has 3 rings (SSSR count). The van der Waals surface area contributed by atoms with Crippen molar-refractivity contribution in [1.82, 2.24) is 9.97 Å². The Labute approximate surface area is 142 Å². The van der Waals surface area contributed by atoms with Crippen molar-refractivity contribution in [2.75, 3.05) is 47.8 Å². The maximum atomic E-state index is 9.05. The van der Waals surface area contributed by atoms with Crippen molar-refractivity contribution in [3.8, 4) is 6.07 Å². The van der Waals surface area contributed by atoms with E-state index in [1.165, 1.54) is 0 Å². The predicted molar refractivity (Wildman–Crippen MR) is 96.5 cm³/mol. The van der Waals surface area contributed by atoms with Gasteiger partial charge in [-0.15, -0.1) is 0 Å². The molecule has 0 saturated carbocycles. The summed E-state index contributed by atoms with van der Waals surface area (Å²) < 4.78 is 0. The summed E-state index contributed by atoms with van der Waals surface area (Å²) in [7, 11) is 0. The summed E-state index contributed by atoms with van der Waals surface area (Å²) in [5.41, 5.74) is 2.79. The highest BCUT2D eigenvalue weighted by Crippen LogP contribution is 2.21. The van der Waals surface area contributed by atoms with Gasteiger partial charge < -0.3 is 15.1 Å². The molecule has 1 N–H and O–H groups in total. The van der Waals surface area contributed by atoms with Crippen molar-refractivity contribution < 1.29 is 0 Å². The van der Waals surface area contributed by atoms with Crippen molar-refractivity contribution in [3.05, 3.63) is 41.6 Å². The molecule has 0 atom stereocenters. The molecular weight excluding hydrogens is 300 g/mol. The number of nitrogens with zero attached hydrogens (tertiary/aromatic N) is 5. The highest BCUT2D eigenvalue weighted by atomic mass is 15.3. The van der Waals surface area contributed by atoms with Crippen LogP contribution in [0.3, 0.4) is 0 Å². The van der Waals surface area contributed by atoms with E-state index in [0.717, 1.165) is 49.9 Å². The number of nitriles is 1. The van der Waals surface area contributed by atoms with Gasteiger partial charge >= 0.3 is 0 Å². The molecule has 0 unspecified atom stereocenters. The zero-order valence-electron chi connectivity index (χ0n) is 14.2. The molecule has 6 heteroatoms. The molecule has 124 valence electrons. The summed E-state index contributed by atoms with van der Waals surface area (Å²) in [6.45, 7) is 8.47. The Morgan fingerprint density at radius 2 is 1.88 bits per heavy atom. The molecule has 0 radical (unpaired) electrons. The molecule has 0 spiro atoms. The summed E-state index contributed by atoms with van der Waals surface area (Å²) in [5.74, 6) is 1.67. The molecule has 1 fully saturated rings. The lowest BCUT2D eigenvalue weighted by Gasteiger charge is -2.37. The van der Waals surface area contributed by atoms with Gasteiger partial charge in [-0.3, -0.25) is 0 Å². The number of aryl methyl sites for hydroxylation is 1. The molecule has 6 nitrogen and oxygen atoms in total. The third kappa shape index (κ3) is 3.57. The fourth-order valence-electron chi connectivity index (χ4n) is 2.92. The van der Waals surface area contributed by atoms with Crippen molar-refractivity contribution >= 4 is 17.5 Å². The first kappa shape index (κ1) is 16.1. The first-order valence-electron chi connectivity index (χ1n) is 8.29. The number of aromatic nitrogens is 2. The summed E-state index contributed by atoms with van der Waals surface area (Å²) >= 11 is 0. The minimum Gasteiger partial charge on any atom is -0.368 e. The quantitative estimate of drug-likeness (QED) is 0.932. The number of rotatable bonds is 4. The van der Waals surface area contributed by atoms with E-state index in [4.69, 9.17) is 5.26 Å². The van der Waals surface area contributed by atoms with Gasteiger partial charge in [0.1, 0.15) is 5.82 Å². The predicted octanol–water partition coefficient (Wildman–Crippen LogP) is 2.42. The smallest absolute Gasteiger partial charge is 0.224 e. The van der Waals surface area contributed by atoms with Gasteiger partial charge in [-0.1, -0.05) is 6.07 Å². The van der Waals surface area contributed by atoms with Crippen LogP contribution in [0.5, 0.6) is 0 Å². The van der Waals surface area contributed by atoms with Crippen LogP contribution in [0.15, 0.2) is 30.3 Å². The minimum atomic E-state index is 0.691. The van der Waals surface area contributed by atoms with Crippen LogP contribution in [0.25, 0.3) is 0 Å². The Bertz CT molecular complexity index is 743. The third-order valence-corrected chi connectivity index (χ3v) is 4.12. The lowest BCUT2D eigenvalue weighted by atomic mass is 10.2. The van der Waals surface area contributed by atoms with Crippen LogP contribution in [0.1, 0.15) is 18.2 Å². The molecule has 0 bridgehead atoms. The standard InChI is InChI=1S/C18H22N6/c1-3-20-18-21-14(2)11-17(22-18)24-9-7-23(8-10-24)16-6-4-5-15(12-16)13-19/h4-6,11-12H,3,7-10H2,1-2H3,(H,20,21,22). The van der Waals surface area contributed by atoms with Crippen molar-refractivity contribution in [1.29, 1.82) is 5.26 Å². The SMILES string of the molecule is CCNc1nc(C)cc(N2CCN(c3cccc(C#N)c3)CC2)n1. The van der Waals surface area contributed by atoms with Crippen LogP contribution >= 0.6 is 0 Å². The van der Waals surface area contributed by atoms with Gasteiger partial charge in [0.25, 0.3) is 0 Å². The number of anilines is 3. The Balaban J connectivity index is 1.70. The maximum absolute atomic E-state index is 9.05. The summed E-state index contributed by atoms with van der Waals surface area (Å²) in [6.07, 6.45) is 0. The number of hydrogen-bond donors (Lipinski definition) is 1. The molecular formula is C18H22N6. The largest absolute Gasteiger partial charge is 0.368 e. The second kappa shape index (κ2) is 7.18. The highest BCUT2D eigenvalue weighted by Gasteiger charge is 2.19. The van der Waals surface area contributed by atoms with Gasteiger partial charge in [-0.2, -0.15) is 10.2 Å². The molecule has 24 heavy (non-hydrogen) atoms. The maximum Gasteiger partial charge on any atom is 0.224 e. The summed E-state index contributed by atoms with van der Waals surface area (Å²) in [4.78, 5) is 13.6. The number of benzene rings is 1. The van der Waals surface area contributed by atoms with Gasteiger partial charge in [0, 0.05) is 50.2 Å². The average Bonchev–Trinajstić information content (AvgIpc) is 2.62. The second-order valence-electron chi connectivity index (χ2n) is 5.86. The number of piperazine rings is 1. The lowest BCUT2D eigenvalue weighted by molar-refractivity contribution is 0.646. The molecule has 1 saturated heterocycles. The molecule has 0 aliphatic carbocycles. The van der Waals surface area contributed by atoms with Crippen molar-refractivity contribution in [3.63, 3.8) is 0 Å². The normalized spacial score (nSPS) is 14.4. The van der Waals surface area contributed by atoms with E-state index in [1.807, 2.05) is 38.1 Å². The van der Waals surface area contributed by atoms with E-state index in [-0.39, 0.29) is 0 Å². The molecule has 2 heterocycles. The van der Waals surface area contributed by atoms with Crippen LogP contribution in [0.2, 0.25) is 0 Å². The molecule has 1 aromatic heterocycles. The minimum absolute atomic E-state index is 0.691. The Hall–Kier alpha value is -2.81. The molecule has 1 aliphatic rings. The molecule has 0 amide bonds. The number of hydrogen-bond acceptors (Lipinski definition) is 6. The summed E-state index contributed by atoms with van der Waals surface area (Å²) in [5, 5.41) is 12.2. The van der Waals surface area contributed by atoms with Gasteiger partial charge in [-0.25, -0.2) is 4.98 Å². The zero-order valence-corrected chi connectivity index (χ0v) is 14.2. The molecule has 1 aliphatic heterocycles. The van der Waals surface area contributed by atoms with Gasteiger partial charge in [0.2, 0.25) is 5.95 Å². The molecule has 2 aromatic rings. The fourth-order valence-corrected chi connectivity index (χ4v) is 2.92.